The third kappa shape index (κ3) is 3.22. The van der Waals surface area contributed by atoms with E-state index in [2.05, 4.69) is 15.7 Å². The van der Waals surface area contributed by atoms with E-state index in [0.717, 1.165) is 36.4 Å². The van der Waals surface area contributed by atoms with Gasteiger partial charge < -0.3 is 15.5 Å². The van der Waals surface area contributed by atoms with Gasteiger partial charge in [0.1, 0.15) is 0 Å². The lowest BCUT2D eigenvalue weighted by atomic mass is 9.90. The monoisotopic (exact) mass is 353 g/mol. The number of benzene rings is 1. The van der Waals surface area contributed by atoms with Gasteiger partial charge in [0, 0.05) is 56.6 Å². The lowest BCUT2D eigenvalue weighted by Gasteiger charge is -2.18. The molecule has 0 radical (unpaired) electrons. The zero-order valence-electron chi connectivity index (χ0n) is 14.8. The Labute approximate surface area is 152 Å². The van der Waals surface area contributed by atoms with Gasteiger partial charge in [-0.05, 0) is 36.2 Å². The van der Waals surface area contributed by atoms with Crippen molar-refractivity contribution in [2.24, 2.45) is 13.0 Å². The zero-order valence-corrected chi connectivity index (χ0v) is 14.8. The first-order valence-electron chi connectivity index (χ1n) is 9.02. The summed E-state index contributed by atoms with van der Waals surface area (Å²) in [6.45, 7) is 2.20. The number of anilines is 2. The van der Waals surface area contributed by atoms with Crippen LogP contribution >= 0.6 is 0 Å². The molecule has 2 fully saturated rings. The van der Waals surface area contributed by atoms with E-state index in [1.54, 1.807) is 9.58 Å². The maximum absolute atomic E-state index is 12.8. The van der Waals surface area contributed by atoms with Crippen LogP contribution in [0.25, 0.3) is 0 Å². The van der Waals surface area contributed by atoms with Gasteiger partial charge in [-0.1, -0.05) is 0 Å². The molecule has 3 heterocycles. The summed E-state index contributed by atoms with van der Waals surface area (Å²) in [5.41, 5.74) is 2.73. The van der Waals surface area contributed by atoms with Crippen LogP contribution in [0.5, 0.6) is 0 Å². The Hall–Kier alpha value is -2.67. The zero-order chi connectivity index (χ0) is 18.1. The molecule has 1 aromatic heterocycles. The number of nitrogens with one attached hydrogen (secondary N) is 2. The molecule has 1 aromatic carbocycles. The third-order valence-corrected chi connectivity index (χ3v) is 5.22. The van der Waals surface area contributed by atoms with Gasteiger partial charge in [0.25, 0.3) is 0 Å². The van der Waals surface area contributed by atoms with E-state index in [0.29, 0.717) is 13.0 Å². The number of hydrogen-bond acceptors (Lipinski definition) is 4. The molecule has 2 aliphatic rings. The van der Waals surface area contributed by atoms with E-state index in [9.17, 15) is 9.59 Å². The largest absolute Gasteiger partial charge is 0.326 e. The van der Waals surface area contributed by atoms with E-state index in [1.165, 1.54) is 0 Å². The van der Waals surface area contributed by atoms with Gasteiger partial charge in [0.05, 0.1) is 12.1 Å². The Bertz CT molecular complexity index is 814. The van der Waals surface area contributed by atoms with E-state index in [1.807, 2.05) is 43.7 Å². The normalized spacial score (nSPS) is 22.8. The van der Waals surface area contributed by atoms with Gasteiger partial charge in [-0.3, -0.25) is 14.3 Å². The van der Waals surface area contributed by atoms with Crippen molar-refractivity contribution in [1.29, 1.82) is 0 Å². The number of nitrogens with zero attached hydrogens (tertiary/aromatic N) is 3. The Morgan fingerprint density at radius 3 is 2.73 bits per heavy atom. The summed E-state index contributed by atoms with van der Waals surface area (Å²) in [5, 5.41) is 10.5. The van der Waals surface area contributed by atoms with Crippen molar-refractivity contribution in [1.82, 2.24) is 15.1 Å². The minimum absolute atomic E-state index is 0.00820. The molecule has 136 valence electrons. The van der Waals surface area contributed by atoms with Crippen LogP contribution in [-0.4, -0.2) is 41.2 Å². The number of aryl methyl sites for hydroxylation is 1. The van der Waals surface area contributed by atoms with Crippen LogP contribution in [0.1, 0.15) is 24.3 Å². The Morgan fingerprint density at radius 1 is 1.27 bits per heavy atom. The number of hydrogen-bond donors (Lipinski definition) is 2. The fourth-order valence-electron chi connectivity index (χ4n) is 3.82. The molecule has 0 unspecified atom stereocenters. The molecule has 7 heteroatoms. The molecule has 2 N–H and O–H groups in total. The number of amides is 2. The summed E-state index contributed by atoms with van der Waals surface area (Å²) >= 11 is 0. The number of carbonyl (C=O) groups is 2. The predicted octanol–water partition coefficient (Wildman–Crippen LogP) is 1.49. The van der Waals surface area contributed by atoms with Crippen molar-refractivity contribution >= 4 is 23.2 Å². The van der Waals surface area contributed by atoms with Crippen LogP contribution in [0.4, 0.5) is 11.4 Å². The Morgan fingerprint density at radius 2 is 2.08 bits per heavy atom. The summed E-state index contributed by atoms with van der Waals surface area (Å²) in [4.78, 5) is 26.4. The van der Waals surface area contributed by atoms with Crippen LogP contribution in [-0.2, 0) is 16.6 Å². The van der Waals surface area contributed by atoms with Crippen molar-refractivity contribution in [3.05, 3.63) is 42.2 Å². The van der Waals surface area contributed by atoms with E-state index >= 15 is 0 Å². The minimum Gasteiger partial charge on any atom is -0.326 e. The van der Waals surface area contributed by atoms with E-state index in [4.69, 9.17) is 0 Å². The summed E-state index contributed by atoms with van der Waals surface area (Å²) in [6, 6.07) is 7.51. The quantitative estimate of drug-likeness (QED) is 0.873. The molecule has 0 spiro atoms. The summed E-state index contributed by atoms with van der Waals surface area (Å²) in [5.74, 6) is 0.177. The SMILES string of the molecule is Cn1cc([C@H]2CNC[C@@H]2C(=O)Nc2ccc(N3CCCC3=O)cc2)cn1. The van der Waals surface area contributed by atoms with Crippen molar-refractivity contribution in [2.75, 3.05) is 29.9 Å². The second-order valence-corrected chi connectivity index (χ2v) is 7.00. The third-order valence-electron chi connectivity index (χ3n) is 5.22. The van der Waals surface area contributed by atoms with Crippen LogP contribution in [0.15, 0.2) is 36.7 Å². The van der Waals surface area contributed by atoms with Gasteiger partial charge in [-0.25, -0.2) is 0 Å². The number of aromatic nitrogens is 2. The second-order valence-electron chi connectivity index (χ2n) is 7.00. The van der Waals surface area contributed by atoms with E-state index in [-0.39, 0.29) is 23.7 Å². The number of rotatable bonds is 4. The van der Waals surface area contributed by atoms with Gasteiger partial charge in [0.15, 0.2) is 0 Å². The standard InChI is InChI=1S/C19H23N5O2/c1-23-12-13(9-21-23)16-10-20-11-17(16)19(26)22-14-4-6-15(7-5-14)24-8-2-3-18(24)25/h4-7,9,12,16-17,20H,2-3,8,10-11H2,1H3,(H,22,26)/t16-,17+/m1/s1. The molecule has 26 heavy (non-hydrogen) atoms. The van der Waals surface area contributed by atoms with Crippen molar-refractivity contribution in [2.45, 2.75) is 18.8 Å². The second kappa shape index (κ2) is 6.92. The smallest absolute Gasteiger partial charge is 0.229 e. The molecule has 4 rings (SSSR count). The Kier molecular flexibility index (Phi) is 4.46. The summed E-state index contributed by atoms with van der Waals surface area (Å²) in [6.07, 6.45) is 5.32. The maximum Gasteiger partial charge on any atom is 0.229 e. The molecule has 2 aromatic rings. The van der Waals surface area contributed by atoms with Crippen molar-refractivity contribution in [3.8, 4) is 0 Å². The topological polar surface area (TPSA) is 79.3 Å². The minimum atomic E-state index is -0.126. The van der Waals surface area contributed by atoms with Crippen LogP contribution in [0, 0.1) is 5.92 Å². The summed E-state index contributed by atoms with van der Waals surface area (Å²) < 4.78 is 1.76. The molecule has 0 bridgehead atoms. The van der Waals surface area contributed by atoms with Crippen molar-refractivity contribution in [3.63, 3.8) is 0 Å². The molecule has 7 nitrogen and oxygen atoms in total. The maximum atomic E-state index is 12.8. The van der Waals surface area contributed by atoms with Gasteiger partial charge in [0.2, 0.25) is 11.8 Å². The lowest BCUT2D eigenvalue weighted by molar-refractivity contribution is -0.119. The van der Waals surface area contributed by atoms with Gasteiger partial charge in [-0.15, -0.1) is 0 Å². The molecular formula is C19H23N5O2. The van der Waals surface area contributed by atoms with Crippen molar-refractivity contribution < 1.29 is 9.59 Å². The highest BCUT2D eigenvalue weighted by molar-refractivity contribution is 5.96. The molecule has 2 aliphatic heterocycles. The molecule has 2 saturated heterocycles. The first-order chi connectivity index (χ1) is 12.6. The molecule has 0 aliphatic carbocycles. The predicted molar refractivity (Wildman–Crippen MR) is 99.0 cm³/mol. The highest BCUT2D eigenvalue weighted by Crippen LogP contribution is 2.29. The van der Waals surface area contributed by atoms with E-state index < -0.39 is 0 Å². The number of carbonyl (C=O) groups excluding carboxylic acids is 2. The molecule has 2 atom stereocenters. The lowest BCUT2D eigenvalue weighted by Crippen LogP contribution is -2.28. The van der Waals surface area contributed by atoms with Gasteiger partial charge in [-0.2, -0.15) is 5.10 Å². The molecular weight excluding hydrogens is 330 g/mol. The first-order valence-corrected chi connectivity index (χ1v) is 9.02. The van der Waals surface area contributed by atoms with Crippen LogP contribution in [0.2, 0.25) is 0 Å². The highest BCUT2D eigenvalue weighted by Gasteiger charge is 2.34. The van der Waals surface area contributed by atoms with Crippen LogP contribution in [0.3, 0.4) is 0 Å². The fraction of sp³-hybridized carbons (Fsp3) is 0.421. The van der Waals surface area contributed by atoms with Crippen LogP contribution < -0.4 is 15.5 Å². The molecule has 0 saturated carbocycles. The summed E-state index contributed by atoms with van der Waals surface area (Å²) in [7, 11) is 1.88. The Balaban J connectivity index is 1.43. The molecule has 2 amide bonds. The average Bonchev–Trinajstić information content (AvgIpc) is 3.36. The average molecular weight is 353 g/mol. The highest BCUT2D eigenvalue weighted by atomic mass is 16.2. The fourth-order valence-corrected chi connectivity index (χ4v) is 3.82. The first kappa shape index (κ1) is 16.8. The van der Waals surface area contributed by atoms with Gasteiger partial charge >= 0.3 is 0 Å².